The number of nitrogens with two attached hydrogens (primary N) is 1. The summed E-state index contributed by atoms with van der Waals surface area (Å²) in [5.41, 5.74) is 8.78. The number of piperidine rings is 1. The van der Waals surface area contributed by atoms with Gasteiger partial charge in [0.2, 0.25) is 0 Å². The minimum atomic E-state index is 0. The first-order valence-corrected chi connectivity index (χ1v) is 9.23. The van der Waals surface area contributed by atoms with Crippen LogP contribution in [0.25, 0.3) is 0 Å². The maximum Gasteiger partial charge on any atom is 0.255 e. The lowest BCUT2D eigenvalue weighted by Gasteiger charge is -2.31. The summed E-state index contributed by atoms with van der Waals surface area (Å²) in [7, 11) is 0. The summed E-state index contributed by atoms with van der Waals surface area (Å²) < 4.78 is 5.22. The van der Waals surface area contributed by atoms with E-state index in [1.54, 1.807) is 11.8 Å². The van der Waals surface area contributed by atoms with Crippen LogP contribution in [0.3, 0.4) is 0 Å². The number of rotatable bonds is 4. The van der Waals surface area contributed by atoms with Crippen molar-refractivity contribution in [3.8, 4) is 0 Å². The average Bonchev–Trinajstić information content (AvgIpc) is 2.91. The number of aromatic nitrogens is 1. The van der Waals surface area contributed by atoms with E-state index in [0.717, 1.165) is 52.6 Å². The molecule has 25 heavy (non-hydrogen) atoms. The van der Waals surface area contributed by atoms with E-state index >= 15 is 0 Å². The lowest BCUT2D eigenvalue weighted by molar-refractivity contribution is 0.0705. The normalized spacial score (nSPS) is 17.2. The third-order valence-corrected chi connectivity index (χ3v) is 5.52. The molecule has 1 fully saturated rings. The molecule has 1 unspecified atom stereocenters. The van der Waals surface area contributed by atoms with Gasteiger partial charge in [-0.25, -0.2) is 0 Å². The van der Waals surface area contributed by atoms with Gasteiger partial charge in [-0.1, -0.05) is 17.3 Å². The number of hydrogen-bond acceptors (Lipinski definition) is 5. The van der Waals surface area contributed by atoms with Gasteiger partial charge in [-0.05, 0) is 38.8 Å². The van der Waals surface area contributed by atoms with Gasteiger partial charge in [0.1, 0.15) is 5.76 Å². The highest BCUT2D eigenvalue weighted by Crippen LogP contribution is 2.29. The molecule has 0 aliphatic carbocycles. The fourth-order valence-electron chi connectivity index (χ4n) is 2.99. The van der Waals surface area contributed by atoms with Crippen LogP contribution in [0.15, 0.2) is 33.7 Å². The Kier molecular flexibility index (Phi) is 6.93. The maximum absolute atomic E-state index is 12.9. The van der Waals surface area contributed by atoms with Crippen molar-refractivity contribution < 1.29 is 9.32 Å². The molecule has 5 nitrogen and oxygen atoms in total. The van der Waals surface area contributed by atoms with E-state index in [1.165, 1.54) is 0 Å². The van der Waals surface area contributed by atoms with Crippen molar-refractivity contribution >= 4 is 30.1 Å². The van der Waals surface area contributed by atoms with Gasteiger partial charge in [0.15, 0.2) is 0 Å². The average molecular weight is 382 g/mol. The molecule has 0 radical (unpaired) electrons. The van der Waals surface area contributed by atoms with Crippen LogP contribution in [0.4, 0.5) is 0 Å². The fourth-order valence-corrected chi connectivity index (χ4v) is 4.19. The molecule has 0 bridgehead atoms. The minimum absolute atomic E-state index is 0. The number of benzene rings is 1. The highest BCUT2D eigenvalue weighted by Gasteiger charge is 2.24. The molecule has 0 spiro atoms. The van der Waals surface area contributed by atoms with Gasteiger partial charge in [-0.15, -0.1) is 24.2 Å². The molecule has 2 aromatic rings. The summed E-state index contributed by atoms with van der Waals surface area (Å²) in [6.45, 7) is 5.29. The molecular formula is C18H24ClN3O2S. The van der Waals surface area contributed by atoms with Crippen LogP contribution >= 0.6 is 24.2 Å². The van der Waals surface area contributed by atoms with Crippen LogP contribution in [0.2, 0.25) is 0 Å². The Hall–Kier alpha value is -1.50. The highest BCUT2D eigenvalue weighted by atomic mass is 35.5. The van der Waals surface area contributed by atoms with E-state index in [2.05, 4.69) is 5.16 Å². The Morgan fingerprint density at radius 1 is 1.40 bits per heavy atom. The number of halogens is 1. The Morgan fingerprint density at radius 2 is 2.16 bits per heavy atom. The molecule has 1 aliphatic heterocycles. The summed E-state index contributed by atoms with van der Waals surface area (Å²) in [6, 6.07) is 7.87. The molecule has 2 heterocycles. The Labute approximate surface area is 158 Å². The van der Waals surface area contributed by atoms with Crippen molar-refractivity contribution in [2.45, 2.75) is 43.4 Å². The van der Waals surface area contributed by atoms with Crippen molar-refractivity contribution in [1.82, 2.24) is 10.1 Å². The van der Waals surface area contributed by atoms with Crippen LogP contribution in [0.1, 0.15) is 40.2 Å². The van der Waals surface area contributed by atoms with Crippen LogP contribution < -0.4 is 5.73 Å². The largest absolute Gasteiger partial charge is 0.361 e. The van der Waals surface area contributed by atoms with Gasteiger partial charge < -0.3 is 15.2 Å². The smallest absolute Gasteiger partial charge is 0.255 e. The van der Waals surface area contributed by atoms with Crippen molar-refractivity contribution in [2.24, 2.45) is 5.73 Å². The zero-order chi connectivity index (χ0) is 17.1. The van der Waals surface area contributed by atoms with Crippen LogP contribution in [0, 0.1) is 13.8 Å². The van der Waals surface area contributed by atoms with Crippen molar-refractivity contribution in [3.63, 3.8) is 0 Å². The summed E-state index contributed by atoms with van der Waals surface area (Å²) in [5, 5.41) is 3.99. The number of likely N-dealkylation sites (tertiary alicyclic amines) is 1. The van der Waals surface area contributed by atoms with Crippen molar-refractivity contribution in [3.05, 3.63) is 46.8 Å². The number of carbonyl (C=O) groups is 1. The number of hydrogen-bond donors (Lipinski definition) is 1. The molecule has 1 atom stereocenters. The monoisotopic (exact) mass is 381 g/mol. The minimum Gasteiger partial charge on any atom is -0.361 e. The summed E-state index contributed by atoms with van der Waals surface area (Å²) in [4.78, 5) is 15.8. The number of nitrogens with zero attached hydrogens (tertiary/aromatic N) is 2. The lowest BCUT2D eigenvalue weighted by Crippen LogP contribution is -2.45. The summed E-state index contributed by atoms with van der Waals surface area (Å²) >= 11 is 1.65. The van der Waals surface area contributed by atoms with E-state index < -0.39 is 0 Å². The molecule has 1 saturated heterocycles. The van der Waals surface area contributed by atoms with Crippen LogP contribution in [-0.2, 0) is 5.75 Å². The number of aryl methyl sites for hydroxylation is 2. The van der Waals surface area contributed by atoms with E-state index in [1.807, 2.05) is 43.0 Å². The molecule has 1 aromatic carbocycles. The first-order chi connectivity index (χ1) is 11.6. The van der Waals surface area contributed by atoms with Crippen molar-refractivity contribution in [2.75, 3.05) is 13.1 Å². The van der Waals surface area contributed by atoms with Gasteiger partial charge in [0.25, 0.3) is 5.91 Å². The van der Waals surface area contributed by atoms with Gasteiger partial charge >= 0.3 is 0 Å². The second-order valence-electron chi connectivity index (χ2n) is 6.24. The van der Waals surface area contributed by atoms with Gasteiger partial charge in [0.05, 0.1) is 11.3 Å². The molecule has 0 saturated carbocycles. The van der Waals surface area contributed by atoms with Gasteiger partial charge in [0, 0.05) is 35.3 Å². The fraction of sp³-hybridized carbons (Fsp3) is 0.444. The lowest BCUT2D eigenvalue weighted by atomic mass is 10.1. The van der Waals surface area contributed by atoms with Gasteiger partial charge in [-0.2, -0.15) is 0 Å². The van der Waals surface area contributed by atoms with E-state index in [4.69, 9.17) is 10.3 Å². The molecule has 1 aliphatic rings. The number of amides is 1. The Morgan fingerprint density at radius 3 is 2.84 bits per heavy atom. The summed E-state index contributed by atoms with van der Waals surface area (Å²) in [5.74, 6) is 1.66. The third-order valence-electron chi connectivity index (χ3n) is 4.42. The molecular weight excluding hydrogens is 358 g/mol. The molecule has 1 aromatic heterocycles. The number of carbonyl (C=O) groups excluding carboxylic acids is 1. The molecule has 3 rings (SSSR count). The van der Waals surface area contributed by atoms with Crippen LogP contribution in [-0.4, -0.2) is 35.1 Å². The second-order valence-corrected chi connectivity index (χ2v) is 7.26. The van der Waals surface area contributed by atoms with Crippen LogP contribution in [0.5, 0.6) is 0 Å². The Bertz CT molecular complexity index is 715. The predicted molar refractivity (Wildman–Crippen MR) is 102 cm³/mol. The van der Waals surface area contributed by atoms with E-state index in [0.29, 0.717) is 6.54 Å². The molecule has 7 heteroatoms. The summed E-state index contributed by atoms with van der Waals surface area (Å²) in [6.07, 6.45) is 1.97. The zero-order valence-electron chi connectivity index (χ0n) is 14.5. The van der Waals surface area contributed by atoms with E-state index in [-0.39, 0.29) is 24.4 Å². The second kappa shape index (κ2) is 8.74. The highest BCUT2D eigenvalue weighted by molar-refractivity contribution is 7.98. The SMILES string of the molecule is Cc1noc(C)c1CSc1ccccc1C(=O)N1CCCC(N)C1.Cl. The van der Waals surface area contributed by atoms with Crippen molar-refractivity contribution in [1.29, 1.82) is 0 Å². The topological polar surface area (TPSA) is 72.4 Å². The Balaban J connectivity index is 0.00000225. The van der Waals surface area contributed by atoms with E-state index in [9.17, 15) is 4.79 Å². The third kappa shape index (κ3) is 4.57. The first-order valence-electron chi connectivity index (χ1n) is 8.24. The number of thioether (sulfide) groups is 1. The molecule has 1 amide bonds. The molecule has 2 N–H and O–H groups in total. The quantitative estimate of drug-likeness (QED) is 0.819. The maximum atomic E-state index is 12.9. The van der Waals surface area contributed by atoms with Gasteiger partial charge in [-0.3, -0.25) is 4.79 Å². The molecule has 136 valence electrons. The zero-order valence-corrected chi connectivity index (χ0v) is 16.2. The standard InChI is InChI=1S/C18H23N3O2S.ClH/c1-12-16(13(2)23-20-12)11-24-17-8-4-3-7-15(17)18(22)21-9-5-6-14(19)10-21;/h3-4,7-8,14H,5-6,9-11,19H2,1-2H3;1H. The first kappa shape index (κ1) is 19.8. The predicted octanol–water partition coefficient (Wildman–Crippen LogP) is 3.57.